The van der Waals surface area contributed by atoms with Crippen molar-refractivity contribution in [1.82, 2.24) is 0 Å². The van der Waals surface area contributed by atoms with Crippen LogP contribution in [-0.4, -0.2) is 0 Å². The lowest BCUT2D eigenvalue weighted by Gasteiger charge is -2.14. The third kappa shape index (κ3) is 11.0. The molecule has 12 aliphatic heterocycles. The highest BCUT2D eigenvalue weighted by Gasteiger charge is 2.50. The zero-order valence-corrected chi connectivity index (χ0v) is 68.9. The first-order valence-electron chi connectivity index (χ1n) is 30.2. The summed E-state index contributed by atoms with van der Waals surface area (Å²) in [6, 6.07) is 72.4. The summed E-state index contributed by atoms with van der Waals surface area (Å²) in [7, 11) is 0. The molecule has 0 aromatic heterocycles. The van der Waals surface area contributed by atoms with Gasteiger partial charge in [-0.15, -0.1) is 0 Å². The minimum Gasteiger partial charge on any atom is -0.0809 e. The van der Waals surface area contributed by atoms with Gasteiger partial charge >= 0.3 is 0 Å². The maximum absolute atomic E-state index is 2.32. The van der Waals surface area contributed by atoms with E-state index in [9.17, 15) is 0 Å². The highest BCUT2D eigenvalue weighted by molar-refractivity contribution is 8.51. The van der Waals surface area contributed by atoms with Gasteiger partial charge in [0, 0.05) is 134 Å². The number of rotatable bonds is 0. The zero-order chi connectivity index (χ0) is 63.8. The topological polar surface area (TPSA) is 0 Å². The molecule has 0 spiro atoms. The molecule has 0 bridgehead atoms. The summed E-state index contributed by atoms with van der Waals surface area (Å²) in [5, 5.41) is 0. The first-order valence-corrected chi connectivity index (χ1v) is 49.8. The van der Waals surface area contributed by atoms with Crippen molar-refractivity contribution in [2.45, 2.75) is 78.3 Å². The van der Waals surface area contributed by atoms with Crippen LogP contribution in [0.1, 0.15) is 0 Å². The van der Waals surface area contributed by atoms with Crippen molar-refractivity contribution in [2.75, 3.05) is 0 Å². The lowest BCUT2D eigenvalue weighted by Crippen LogP contribution is -1.91. The molecule has 0 saturated heterocycles. The van der Waals surface area contributed by atoms with E-state index < -0.39 is 0 Å². The van der Waals surface area contributed by atoms with E-state index in [1.54, 1.807) is 0 Å². The molecule has 0 nitrogen and oxygen atoms in total. The number of thioether (sulfide) groups is 24. The van der Waals surface area contributed by atoms with Gasteiger partial charge in [0.1, 0.15) is 0 Å². The molecule has 472 valence electrons. The molecule has 0 unspecified atom stereocenters. The molecule has 0 amide bonds. The summed E-state index contributed by atoms with van der Waals surface area (Å²) in [6.07, 6.45) is 0. The fraction of sp³-hybridized carbons (Fsp3) is 0. The Morgan fingerprint density at radius 1 is 0.0918 bits per heavy atom. The lowest BCUT2D eigenvalue weighted by molar-refractivity contribution is 1.27. The average Bonchev–Trinajstić information content (AvgIpc) is 1.55. The molecule has 0 atom stereocenters. The van der Waals surface area contributed by atoms with E-state index in [1.807, 2.05) is 282 Å². The molecule has 0 radical (unpaired) electrons. The van der Waals surface area contributed by atoms with E-state index in [0.29, 0.717) is 0 Å². The maximum atomic E-state index is 2.32. The minimum atomic E-state index is 1.34. The van der Waals surface area contributed by atoms with Gasteiger partial charge in [-0.25, -0.2) is 0 Å². The van der Waals surface area contributed by atoms with E-state index in [-0.39, 0.29) is 0 Å². The van der Waals surface area contributed by atoms with Gasteiger partial charge in [0.05, 0.1) is 67.8 Å². The van der Waals surface area contributed by atoms with Crippen LogP contribution in [0.4, 0.5) is 0 Å². The van der Waals surface area contributed by atoms with Crippen LogP contribution in [-0.2, 0) is 0 Å². The Morgan fingerprint density at radius 2 is 0.173 bits per heavy atom. The van der Waals surface area contributed by atoms with E-state index in [0.717, 1.165) is 0 Å². The van der Waals surface area contributed by atoms with Crippen LogP contribution in [0.25, 0.3) is 0 Å². The van der Waals surface area contributed by atoms with Crippen molar-refractivity contribution < 1.29 is 0 Å². The van der Waals surface area contributed by atoms with Gasteiger partial charge in [-0.1, -0.05) is 379 Å². The van der Waals surface area contributed by atoms with Crippen molar-refractivity contribution in [3.05, 3.63) is 318 Å². The van der Waals surface area contributed by atoms with Crippen molar-refractivity contribution in [3.8, 4) is 0 Å². The van der Waals surface area contributed by atoms with Crippen molar-refractivity contribution >= 4 is 282 Å². The molecule has 2 fully saturated rings. The van der Waals surface area contributed by atoms with Crippen LogP contribution in [0.15, 0.2) is 396 Å². The normalized spacial score (nSPS) is 21.0. The van der Waals surface area contributed by atoms with Crippen molar-refractivity contribution in [1.29, 1.82) is 0 Å². The smallest absolute Gasteiger partial charge is 0.0718 e. The summed E-state index contributed by atoms with van der Waals surface area (Å²) in [6.45, 7) is 0. The van der Waals surface area contributed by atoms with Crippen LogP contribution in [0, 0.1) is 0 Å². The van der Waals surface area contributed by atoms with Gasteiger partial charge in [-0.2, -0.15) is 0 Å². The molecule has 2 saturated carbocycles. The summed E-state index contributed by atoms with van der Waals surface area (Å²) in [4.78, 5) is 21.5. The first-order chi connectivity index (χ1) is 48.5. The van der Waals surface area contributed by atoms with Crippen LogP contribution >= 0.6 is 282 Å². The molecular weight excluding hydrogens is 1660 g/mol. The Balaban J connectivity index is 0.655. The van der Waals surface area contributed by atoms with Crippen LogP contribution in [0.3, 0.4) is 0 Å². The van der Waals surface area contributed by atoms with Crippen molar-refractivity contribution in [2.24, 2.45) is 0 Å². The second-order valence-corrected chi connectivity index (χ2v) is 51.5. The second kappa shape index (κ2) is 26.3. The standard InChI is InChI=1S/C74H32S24/c1-2-18-34-33(17-1)75-59(76-34)49-50(60-77-35-19-3-4-20-36(35)78-60)54(64-85-43-27-11-12-28-44(43)86-64)57(53(49)63-83-41-25-9-10-26-42(41)84-63)67-91-69-70(92-67)96-73(95-69)74-97-71-72(98-74)94-68(93-71)58-55(65-87-45-29-13-14-30-46(45)88-65)51(61-79-37-21-5-6-22-38(37)80-61)52(62-81-39-23-7-8-24-40(39)82-62)56(58)66-89-47-31-15-16-32-48(47)90-66/h1-32H. The van der Waals surface area contributed by atoms with Gasteiger partial charge in [0.2, 0.25) is 0 Å². The monoisotopic (exact) mass is 1690 g/mol. The molecule has 8 aromatic carbocycles. The number of hydrogen-bond acceptors (Lipinski definition) is 24. The van der Waals surface area contributed by atoms with E-state index in [4.69, 9.17) is 0 Å². The molecule has 2 aliphatic carbocycles. The fourth-order valence-electron chi connectivity index (χ4n) is 12.4. The van der Waals surface area contributed by atoms with Crippen LogP contribution in [0.2, 0.25) is 0 Å². The van der Waals surface area contributed by atoms with Crippen LogP contribution < -0.4 is 0 Å². The SMILES string of the molecule is c1ccc2c(c1)SC(=C1C(=C3SC4=C(SC(=C5SC6=C(S5)SC(=C5C(=C7Sc8ccccc8S7)C(=C7Sc8ccccc8S7)C(=C7Sc8ccccc8S7)C5=C5Sc7ccccc7S5)S6)S4)S3)C(=C3Sc4ccccc4S3)C(=C3Sc4ccccc4S3)C1=C1Sc3ccccc3S1)S2. The first kappa shape index (κ1) is 64.0. The average molecular weight is 1690 g/mol. The van der Waals surface area contributed by atoms with Gasteiger partial charge in [0.25, 0.3) is 0 Å². The van der Waals surface area contributed by atoms with E-state index in [1.165, 1.54) is 202 Å². The highest BCUT2D eigenvalue weighted by atomic mass is 32.3. The third-order valence-electron chi connectivity index (χ3n) is 16.6. The van der Waals surface area contributed by atoms with E-state index in [2.05, 4.69) is 194 Å². The molecule has 24 heteroatoms. The minimum absolute atomic E-state index is 1.34. The van der Waals surface area contributed by atoms with Gasteiger partial charge in [0.15, 0.2) is 0 Å². The molecule has 22 rings (SSSR count). The number of benzene rings is 8. The molecule has 98 heavy (non-hydrogen) atoms. The van der Waals surface area contributed by atoms with Crippen LogP contribution in [0.5, 0.6) is 0 Å². The molecule has 8 aromatic rings. The predicted octanol–water partition coefficient (Wildman–Crippen LogP) is 31.6. The maximum Gasteiger partial charge on any atom is 0.0718 e. The Hall–Kier alpha value is -1.22. The number of fused-ring (bicyclic) bond motifs is 8. The molecular formula is C74H32S24. The van der Waals surface area contributed by atoms with Crippen molar-refractivity contribution in [3.63, 3.8) is 0 Å². The molecule has 12 heterocycles. The summed E-state index contributed by atoms with van der Waals surface area (Å²) >= 11 is 47.8. The summed E-state index contributed by atoms with van der Waals surface area (Å²) in [5.74, 6) is 0. The molecule has 0 N–H and O–H groups in total. The second-order valence-electron chi connectivity index (χ2n) is 22.4. The summed E-state index contributed by atoms with van der Waals surface area (Å²) < 4.78 is 22.3. The zero-order valence-electron chi connectivity index (χ0n) is 49.3. The van der Waals surface area contributed by atoms with E-state index >= 15 is 0 Å². The largest absolute Gasteiger partial charge is 0.0809 e. The number of allylic oxidation sites excluding steroid dienone is 10. The Morgan fingerprint density at radius 3 is 0.276 bits per heavy atom. The number of hydrogen-bond donors (Lipinski definition) is 0. The lowest BCUT2D eigenvalue weighted by atomic mass is 10.1. The quantitative estimate of drug-likeness (QED) is 0.141. The van der Waals surface area contributed by atoms with Gasteiger partial charge < -0.3 is 0 Å². The predicted molar refractivity (Wildman–Crippen MR) is 457 cm³/mol. The summed E-state index contributed by atoms with van der Waals surface area (Å²) in [5.41, 5.74) is 14.0. The molecule has 14 aliphatic rings. The highest BCUT2D eigenvalue weighted by Crippen LogP contribution is 2.79. The Kier molecular flexibility index (Phi) is 17.2. The third-order valence-corrected chi connectivity index (χ3v) is 48.8. The fourth-order valence-corrected chi connectivity index (χ4v) is 46.3. The van der Waals surface area contributed by atoms with Gasteiger partial charge in [-0.3, -0.25) is 0 Å². The van der Waals surface area contributed by atoms with Gasteiger partial charge in [-0.05, 0) is 97.1 Å². The Bertz CT molecular complexity index is 4700. The Labute approximate surface area is 668 Å².